The third-order valence-corrected chi connectivity index (χ3v) is 13.1. The number of aromatic nitrogens is 4. The van der Waals surface area contributed by atoms with E-state index in [9.17, 15) is 14.4 Å². The SMILES string of the molecule is COC(=O)C12CCC(CCN3CCc4c(nc(C(=O)Nc5cccc(-c6cccc(CC(=O)c7nc8c(n7C)CCNC8)c6C)c5C)n4C)C3)(CC1)C2. The number of hydrogen-bond acceptors (Lipinski definition) is 8. The summed E-state index contributed by atoms with van der Waals surface area (Å²) in [7, 11) is 5.40. The van der Waals surface area contributed by atoms with Gasteiger partial charge in [-0.15, -0.1) is 0 Å². The summed E-state index contributed by atoms with van der Waals surface area (Å²) in [5.74, 6) is 0.685. The fraction of sp³-hybridized carbons (Fsp3) is 0.500. The first-order chi connectivity index (χ1) is 25.5. The van der Waals surface area contributed by atoms with Crippen LogP contribution in [0.5, 0.6) is 0 Å². The van der Waals surface area contributed by atoms with Crippen molar-refractivity contribution >= 4 is 23.3 Å². The number of fused-ring (bicyclic) bond motifs is 4. The monoisotopic (exact) mass is 717 g/mol. The molecule has 0 radical (unpaired) electrons. The number of hydrogen-bond donors (Lipinski definition) is 2. The zero-order chi connectivity index (χ0) is 37.1. The summed E-state index contributed by atoms with van der Waals surface area (Å²) in [5.41, 5.74) is 9.91. The van der Waals surface area contributed by atoms with Crippen molar-refractivity contribution in [3.8, 4) is 11.1 Å². The molecule has 2 aromatic carbocycles. The number of nitrogens with one attached hydrogen (secondary N) is 2. The maximum absolute atomic E-state index is 13.8. The van der Waals surface area contributed by atoms with Gasteiger partial charge in [0, 0.05) is 76.6 Å². The number of esters is 1. The van der Waals surface area contributed by atoms with Gasteiger partial charge in [-0.2, -0.15) is 0 Å². The predicted octanol–water partition coefficient (Wildman–Crippen LogP) is 5.63. The van der Waals surface area contributed by atoms with E-state index in [1.165, 1.54) is 7.11 Å². The second kappa shape index (κ2) is 13.7. The Morgan fingerprint density at radius 3 is 2.34 bits per heavy atom. The second-order valence-electron chi connectivity index (χ2n) is 16.0. The number of benzene rings is 2. The standard InChI is InChI=1S/C42H51N7O4/c1-26-28(22-36(50)37-44-32-23-43-19-12-34(32)47(37)3)8-6-9-29(26)30-10-7-11-31(27(30)2)46-39(51)38-45-33-24-49(20-13-35(33)48(38)4)21-18-41-14-16-42(25-41,17-15-41)40(52)53-5/h6-11,43H,12-25H2,1-5H3,(H,46,51). The Morgan fingerprint density at radius 1 is 0.887 bits per heavy atom. The molecule has 278 valence electrons. The Morgan fingerprint density at radius 2 is 1.58 bits per heavy atom. The van der Waals surface area contributed by atoms with Crippen molar-refractivity contribution in [3.05, 3.63) is 87.5 Å². The number of anilines is 1. The van der Waals surface area contributed by atoms with E-state index >= 15 is 0 Å². The summed E-state index contributed by atoms with van der Waals surface area (Å²) in [4.78, 5) is 51.9. The molecule has 2 saturated carbocycles. The molecule has 0 spiro atoms. The summed E-state index contributed by atoms with van der Waals surface area (Å²) in [6.45, 7) is 8.30. The Balaban J connectivity index is 0.944. The van der Waals surface area contributed by atoms with Crippen LogP contribution in [0.1, 0.15) is 99.2 Å². The normalized spacial score (nSPS) is 22.1. The van der Waals surface area contributed by atoms with Gasteiger partial charge in [0.2, 0.25) is 5.78 Å². The molecule has 2 bridgehead atoms. The van der Waals surface area contributed by atoms with Gasteiger partial charge in [0.05, 0.1) is 23.9 Å². The van der Waals surface area contributed by atoms with E-state index < -0.39 is 0 Å². The minimum atomic E-state index is -0.257. The second-order valence-corrected chi connectivity index (χ2v) is 16.0. The van der Waals surface area contributed by atoms with Crippen LogP contribution in [0.25, 0.3) is 11.1 Å². The molecule has 1 amide bonds. The highest BCUT2D eigenvalue weighted by molar-refractivity contribution is 6.03. The number of Topliss-reactive ketones (excluding diaryl/α,β-unsaturated/α-hetero) is 1. The first-order valence-electron chi connectivity index (χ1n) is 19.1. The first kappa shape index (κ1) is 35.4. The molecule has 0 atom stereocenters. The van der Waals surface area contributed by atoms with Crippen LogP contribution in [0.2, 0.25) is 0 Å². The molecule has 2 aromatic heterocycles. The maximum Gasteiger partial charge on any atom is 0.311 e. The average molecular weight is 718 g/mol. The van der Waals surface area contributed by atoms with E-state index in [-0.39, 0.29) is 34.9 Å². The maximum atomic E-state index is 13.8. The predicted molar refractivity (Wildman–Crippen MR) is 203 cm³/mol. The Bertz CT molecular complexity index is 2120. The lowest BCUT2D eigenvalue weighted by Gasteiger charge is -2.32. The van der Waals surface area contributed by atoms with Crippen LogP contribution in [-0.2, 0) is 56.0 Å². The molecular formula is C42H51N7O4. The average Bonchev–Trinajstić information content (AvgIpc) is 3.92. The molecular weight excluding hydrogens is 667 g/mol. The van der Waals surface area contributed by atoms with E-state index in [0.717, 1.165) is 134 Å². The van der Waals surface area contributed by atoms with Crippen molar-refractivity contribution < 1.29 is 19.1 Å². The van der Waals surface area contributed by atoms with E-state index in [0.29, 0.717) is 18.2 Å². The topological polar surface area (TPSA) is 123 Å². The molecule has 4 aromatic rings. The van der Waals surface area contributed by atoms with Crippen LogP contribution in [0.3, 0.4) is 0 Å². The molecule has 4 aliphatic rings. The van der Waals surface area contributed by atoms with Crippen LogP contribution in [0, 0.1) is 24.7 Å². The molecule has 11 nitrogen and oxygen atoms in total. The number of rotatable bonds is 10. The van der Waals surface area contributed by atoms with E-state index in [1.807, 2.05) is 54.4 Å². The number of amides is 1. The molecule has 2 N–H and O–H groups in total. The lowest BCUT2D eigenvalue weighted by atomic mass is 9.80. The highest BCUT2D eigenvalue weighted by Crippen LogP contribution is 2.63. The quantitative estimate of drug-likeness (QED) is 0.160. The Labute approximate surface area is 311 Å². The molecule has 11 heteroatoms. The fourth-order valence-electron chi connectivity index (χ4n) is 9.90. The number of ether oxygens (including phenoxy) is 1. The van der Waals surface area contributed by atoms with Gasteiger partial charge in [0.15, 0.2) is 11.6 Å². The van der Waals surface area contributed by atoms with Crippen LogP contribution in [0.15, 0.2) is 36.4 Å². The third-order valence-electron chi connectivity index (χ3n) is 13.1. The first-order valence-corrected chi connectivity index (χ1v) is 19.1. The van der Waals surface area contributed by atoms with E-state index in [1.54, 1.807) is 0 Å². The zero-order valence-corrected chi connectivity index (χ0v) is 31.7. The Hall–Kier alpha value is -4.61. The Kier molecular flexibility index (Phi) is 9.13. The van der Waals surface area contributed by atoms with Crippen LogP contribution in [0.4, 0.5) is 5.69 Å². The molecule has 2 aliphatic carbocycles. The summed E-state index contributed by atoms with van der Waals surface area (Å²) in [6.07, 6.45) is 8.13. The van der Waals surface area contributed by atoms with Crippen LogP contribution < -0.4 is 10.6 Å². The number of carbonyl (C=O) groups is 3. The zero-order valence-electron chi connectivity index (χ0n) is 31.7. The lowest BCUT2D eigenvalue weighted by molar-refractivity contribution is -0.152. The molecule has 53 heavy (non-hydrogen) atoms. The molecule has 4 heterocycles. The molecule has 0 saturated heterocycles. The number of methoxy groups -OCH3 is 1. The minimum Gasteiger partial charge on any atom is -0.469 e. The highest BCUT2D eigenvalue weighted by Gasteiger charge is 2.58. The molecule has 2 fully saturated rings. The van der Waals surface area contributed by atoms with Gasteiger partial charge in [-0.25, -0.2) is 9.97 Å². The molecule has 2 aliphatic heterocycles. The number of ketones is 1. The molecule has 8 rings (SSSR count). The van der Waals surface area contributed by atoms with Crippen molar-refractivity contribution in [1.29, 1.82) is 0 Å². The third kappa shape index (κ3) is 6.21. The van der Waals surface area contributed by atoms with Gasteiger partial charge in [-0.3, -0.25) is 19.3 Å². The van der Waals surface area contributed by atoms with Crippen molar-refractivity contribution in [1.82, 2.24) is 29.3 Å². The van der Waals surface area contributed by atoms with Crippen molar-refractivity contribution in [3.63, 3.8) is 0 Å². The minimum absolute atomic E-state index is 0.00909. The van der Waals surface area contributed by atoms with Crippen molar-refractivity contribution in [2.75, 3.05) is 32.1 Å². The van der Waals surface area contributed by atoms with Gasteiger partial charge in [-0.1, -0.05) is 30.3 Å². The van der Waals surface area contributed by atoms with Gasteiger partial charge in [0.25, 0.3) is 5.91 Å². The smallest absolute Gasteiger partial charge is 0.311 e. The van der Waals surface area contributed by atoms with Gasteiger partial charge >= 0.3 is 5.97 Å². The van der Waals surface area contributed by atoms with Crippen molar-refractivity contribution in [2.45, 2.75) is 84.7 Å². The van der Waals surface area contributed by atoms with Crippen LogP contribution >= 0.6 is 0 Å². The number of carbonyl (C=O) groups excluding carboxylic acids is 3. The number of nitrogens with zero attached hydrogens (tertiary/aromatic N) is 5. The fourth-order valence-corrected chi connectivity index (χ4v) is 9.90. The summed E-state index contributed by atoms with van der Waals surface area (Å²) >= 11 is 0. The largest absolute Gasteiger partial charge is 0.469 e. The van der Waals surface area contributed by atoms with Gasteiger partial charge in [0.1, 0.15) is 0 Å². The van der Waals surface area contributed by atoms with Gasteiger partial charge in [-0.05, 0) is 98.2 Å². The van der Waals surface area contributed by atoms with Crippen LogP contribution in [-0.4, -0.2) is 68.4 Å². The number of imidazole rings is 2. The lowest BCUT2D eigenvalue weighted by Crippen LogP contribution is -2.34. The molecule has 0 unspecified atom stereocenters. The highest BCUT2D eigenvalue weighted by atomic mass is 16.5. The van der Waals surface area contributed by atoms with Crippen molar-refractivity contribution in [2.24, 2.45) is 24.9 Å². The summed E-state index contributed by atoms with van der Waals surface area (Å²) in [6, 6.07) is 12.1. The van der Waals surface area contributed by atoms with Gasteiger partial charge < -0.3 is 24.5 Å². The summed E-state index contributed by atoms with van der Waals surface area (Å²) < 4.78 is 9.10. The van der Waals surface area contributed by atoms with E-state index in [2.05, 4.69) is 34.6 Å². The summed E-state index contributed by atoms with van der Waals surface area (Å²) in [5, 5.41) is 6.51. The van der Waals surface area contributed by atoms with E-state index in [4.69, 9.17) is 14.7 Å².